The first-order chi connectivity index (χ1) is 10.6. The lowest BCUT2D eigenvalue weighted by Gasteiger charge is -2.25. The minimum Gasteiger partial charge on any atom is -0.290 e. The van der Waals surface area contributed by atoms with Gasteiger partial charge in [-0.3, -0.25) is 19.3 Å². The molecule has 1 atom stereocenters. The zero-order chi connectivity index (χ0) is 15.5. The second-order valence-corrected chi connectivity index (χ2v) is 6.65. The van der Waals surface area contributed by atoms with Crippen LogP contribution in [0.4, 0.5) is 5.13 Å². The van der Waals surface area contributed by atoms with Gasteiger partial charge in [-0.25, -0.2) is 4.98 Å². The number of amides is 1. The van der Waals surface area contributed by atoms with Crippen LogP contribution in [0, 0.1) is 6.92 Å². The standard InChI is InChI=1S/C15H21N5OS/c1-12-8-17-20(9-12)10-13-4-3-6-19(13)11-14(21)18(2)15-16-5-7-22-15/h5,7-9,13H,3-4,6,10-11H2,1-2H3/t13-/m0/s1. The Bertz CT molecular complexity index is 624. The van der Waals surface area contributed by atoms with Gasteiger partial charge in [0.15, 0.2) is 5.13 Å². The quantitative estimate of drug-likeness (QED) is 0.843. The van der Waals surface area contributed by atoms with E-state index in [4.69, 9.17) is 0 Å². The molecule has 1 aliphatic rings. The Hall–Kier alpha value is -1.73. The summed E-state index contributed by atoms with van der Waals surface area (Å²) < 4.78 is 1.98. The Kier molecular flexibility index (Phi) is 4.54. The fourth-order valence-corrected chi connectivity index (χ4v) is 3.49. The molecule has 0 spiro atoms. The molecule has 3 heterocycles. The van der Waals surface area contributed by atoms with E-state index in [2.05, 4.69) is 21.2 Å². The van der Waals surface area contributed by atoms with E-state index in [1.54, 1.807) is 18.1 Å². The van der Waals surface area contributed by atoms with Crippen LogP contribution in [-0.4, -0.2) is 51.8 Å². The number of hydrogen-bond acceptors (Lipinski definition) is 5. The maximum absolute atomic E-state index is 12.4. The van der Waals surface area contributed by atoms with Gasteiger partial charge < -0.3 is 0 Å². The highest BCUT2D eigenvalue weighted by Gasteiger charge is 2.28. The molecule has 1 aliphatic heterocycles. The van der Waals surface area contributed by atoms with E-state index in [0.717, 1.165) is 31.1 Å². The number of rotatable bonds is 5. The summed E-state index contributed by atoms with van der Waals surface area (Å²) in [4.78, 5) is 20.5. The van der Waals surface area contributed by atoms with E-state index in [9.17, 15) is 4.79 Å². The summed E-state index contributed by atoms with van der Waals surface area (Å²) >= 11 is 1.48. The van der Waals surface area contributed by atoms with Crippen molar-refractivity contribution < 1.29 is 4.79 Å². The monoisotopic (exact) mass is 319 g/mol. The van der Waals surface area contributed by atoms with Crippen LogP contribution in [0.5, 0.6) is 0 Å². The lowest BCUT2D eigenvalue weighted by Crippen LogP contribution is -2.42. The van der Waals surface area contributed by atoms with Gasteiger partial charge in [0.25, 0.3) is 0 Å². The topological polar surface area (TPSA) is 54.3 Å². The molecular weight excluding hydrogens is 298 g/mol. The Morgan fingerprint density at radius 2 is 2.41 bits per heavy atom. The third kappa shape index (κ3) is 3.36. The molecule has 0 aliphatic carbocycles. The van der Waals surface area contributed by atoms with Gasteiger partial charge in [0.05, 0.1) is 19.3 Å². The van der Waals surface area contributed by atoms with Crippen molar-refractivity contribution in [2.24, 2.45) is 0 Å². The van der Waals surface area contributed by atoms with Crippen molar-refractivity contribution in [3.8, 4) is 0 Å². The normalized spacial score (nSPS) is 18.7. The van der Waals surface area contributed by atoms with Gasteiger partial charge in [0.2, 0.25) is 5.91 Å². The highest BCUT2D eigenvalue weighted by atomic mass is 32.1. The zero-order valence-electron chi connectivity index (χ0n) is 13.0. The SMILES string of the molecule is Cc1cnn(C[C@@H]2CCCN2CC(=O)N(C)c2nccs2)c1. The Morgan fingerprint density at radius 3 is 3.09 bits per heavy atom. The van der Waals surface area contributed by atoms with Crippen molar-refractivity contribution in [1.29, 1.82) is 0 Å². The summed E-state index contributed by atoms with van der Waals surface area (Å²) in [6, 6.07) is 0.382. The summed E-state index contributed by atoms with van der Waals surface area (Å²) in [5, 5.41) is 6.99. The summed E-state index contributed by atoms with van der Waals surface area (Å²) in [5.41, 5.74) is 1.17. The molecule has 7 heteroatoms. The molecule has 0 aromatic carbocycles. The number of aryl methyl sites for hydroxylation is 1. The summed E-state index contributed by atoms with van der Waals surface area (Å²) in [6.45, 7) is 4.31. The number of thiazole rings is 1. The molecular formula is C15H21N5OS. The zero-order valence-corrected chi connectivity index (χ0v) is 13.8. The predicted molar refractivity (Wildman–Crippen MR) is 87.1 cm³/mol. The molecule has 1 saturated heterocycles. The lowest BCUT2D eigenvalue weighted by atomic mass is 10.2. The number of likely N-dealkylation sites (N-methyl/N-ethyl adjacent to an activating group) is 1. The third-order valence-electron chi connectivity index (χ3n) is 4.08. The van der Waals surface area contributed by atoms with E-state index < -0.39 is 0 Å². The van der Waals surface area contributed by atoms with Crippen LogP contribution in [0.3, 0.4) is 0 Å². The van der Waals surface area contributed by atoms with E-state index in [0.29, 0.717) is 12.6 Å². The first-order valence-electron chi connectivity index (χ1n) is 7.52. The molecule has 2 aromatic rings. The lowest BCUT2D eigenvalue weighted by molar-refractivity contribution is -0.119. The van der Waals surface area contributed by atoms with Gasteiger partial charge in [-0.05, 0) is 31.9 Å². The molecule has 2 aromatic heterocycles. The van der Waals surface area contributed by atoms with Crippen LogP contribution in [-0.2, 0) is 11.3 Å². The van der Waals surface area contributed by atoms with Crippen molar-refractivity contribution in [2.75, 3.05) is 25.0 Å². The molecule has 22 heavy (non-hydrogen) atoms. The molecule has 0 radical (unpaired) electrons. The van der Waals surface area contributed by atoms with E-state index in [1.807, 2.05) is 23.2 Å². The average Bonchev–Trinajstić information content (AvgIpc) is 3.22. The number of hydrogen-bond donors (Lipinski definition) is 0. The summed E-state index contributed by atoms with van der Waals surface area (Å²) in [6.07, 6.45) is 7.91. The van der Waals surface area contributed by atoms with Gasteiger partial charge >= 0.3 is 0 Å². The van der Waals surface area contributed by atoms with Crippen molar-refractivity contribution in [3.63, 3.8) is 0 Å². The number of nitrogens with zero attached hydrogens (tertiary/aromatic N) is 5. The minimum absolute atomic E-state index is 0.0958. The first-order valence-corrected chi connectivity index (χ1v) is 8.40. The molecule has 0 saturated carbocycles. The highest BCUT2D eigenvalue weighted by Crippen LogP contribution is 2.20. The van der Waals surface area contributed by atoms with Crippen molar-refractivity contribution >= 4 is 22.4 Å². The minimum atomic E-state index is 0.0958. The number of likely N-dealkylation sites (tertiary alicyclic amines) is 1. The Morgan fingerprint density at radius 1 is 1.55 bits per heavy atom. The van der Waals surface area contributed by atoms with Gasteiger partial charge in [0.1, 0.15) is 0 Å². The smallest absolute Gasteiger partial charge is 0.242 e. The second kappa shape index (κ2) is 6.58. The maximum Gasteiger partial charge on any atom is 0.242 e. The van der Waals surface area contributed by atoms with E-state index in [-0.39, 0.29) is 5.91 Å². The van der Waals surface area contributed by atoms with Crippen LogP contribution in [0.2, 0.25) is 0 Å². The van der Waals surface area contributed by atoms with Crippen LogP contribution in [0.25, 0.3) is 0 Å². The van der Waals surface area contributed by atoms with Crippen LogP contribution in [0.15, 0.2) is 24.0 Å². The number of anilines is 1. The molecule has 118 valence electrons. The molecule has 1 fully saturated rings. The largest absolute Gasteiger partial charge is 0.290 e. The van der Waals surface area contributed by atoms with E-state index in [1.165, 1.54) is 16.9 Å². The van der Waals surface area contributed by atoms with Crippen LogP contribution >= 0.6 is 11.3 Å². The maximum atomic E-state index is 12.4. The van der Waals surface area contributed by atoms with Crippen LogP contribution in [0.1, 0.15) is 18.4 Å². The van der Waals surface area contributed by atoms with Gasteiger partial charge in [-0.15, -0.1) is 11.3 Å². The fraction of sp³-hybridized carbons (Fsp3) is 0.533. The van der Waals surface area contributed by atoms with Crippen molar-refractivity contribution in [1.82, 2.24) is 19.7 Å². The fourth-order valence-electron chi connectivity index (χ4n) is 2.86. The van der Waals surface area contributed by atoms with Gasteiger partial charge in [-0.1, -0.05) is 0 Å². The van der Waals surface area contributed by atoms with Gasteiger partial charge in [0, 0.05) is 30.9 Å². The first kappa shape index (κ1) is 15.2. The molecule has 0 N–H and O–H groups in total. The van der Waals surface area contributed by atoms with E-state index >= 15 is 0 Å². The molecule has 1 amide bonds. The molecule has 3 rings (SSSR count). The van der Waals surface area contributed by atoms with Gasteiger partial charge in [-0.2, -0.15) is 5.10 Å². The van der Waals surface area contributed by atoms with Crippen molar-refractivity contribution in [3.05, 3.63) is 29.5 Å². The molecule has 0 bridgehead atoms. The molecule has 6 nitrogen and oxygen atoms in total. The van der Waals surface area contributed by atoms with Crippen molar-refractivity contribution in [2.45, 2.75) is 32.4 Å². The highest BCUT2D eigenvalue weighted by molar-refractivity contribution is 7.13. The predicted octanol–water partition coefficient (Wildman–Crippen LogP) is 1.78. The summed E-state index contributed by atoms with van der Waals surface area (Å²) in [5.74, 6) is 0.0958. The number of aromatic nitrogens is 3. The third-order valence-corrected chi connectivity index (χ3v) is 4.93. The molecule has 0 unspecified atom stereocenters. The average molecular weight is 319 g/mol. The Balaban J connectivity index is 1.60. The second-order valence-electron chi connectivity index (χ2n) is 5.77. The summed E-state index contributed by atoms with van der Waals surface area (Å²) in [7, 11) is 1.79. The number of carbonyl (C=O) groups is 1. The number of carbonyl (C=O) groups excluding carboxylic acids is 1. The van der Waals surface area contributed by atoms with Crippen LogP contribution < -0.4 is 4.90 Å². The Labute approximate surface area is 134 Å².